The van der Waals surface area contributed by atoms with Gasteiger partial charge in [0.1, 0.15) is 5.60 Å². The molecule has 0 amide bonds. The van der Waals surface area contributed by atoms with Gasteiger partial charge in [-0.2, -0.15) is 5.10 Å². The van der Waals surface area contributed by atoms with E-state index in [1.54, 1.807) is 17.1 Å². The molecule has 0 unspecified atom stereocenters. The molecule has 13 heavy (non-hydrogen) atoms. The largest absolute Gasteiger partial charge is 0.485 e. The molecule has 0 aromatic carbocycles. The van der Waals surface area contributed by atoms with Crippen LogP contribution in [0.4, 0.5) is 0 Å². The van der Waals surface area contributed by atoms with Crippen molar-refractivity contribution in [1.82, 2.24) is 9.78 Å². The molecule has 0 aliphatic carbocycles. The highest BCUT2D eigenvalue weighted by molar-refractivity contribution is 5.12. The summed E-state index contributed by atoms with van der Waals surface area (Å²) in [6.45, 7) is 6.55. The van der Waals surface area contributed by atoms with Gasteiger partial charge < -0.3 is 9.84 Å². The van der Waals surface area contributed by atoms with Crippen LogP contribution in [0.15, 0.2) is 12.4 Å². The molecule has 0 atom stereocenters. The molecule has 0 fully saturated rings. The van der Waals surface area contributed by atoms with Gasteiger partial charge in [0.05, 0.1) is 25.5 Å². The van der Waals surface area contributed by atoms with Gasteiger partial charge in [-0.1, -0.05) is 0 Å². The van der Waals surface area contributed by atoms with Crippen LogP contribution < -0.4 is 4.74 Å². The van der Waals surface area contributed by atoms with E-state index in [0.29, 0.717) is 6.54 Å². The molecule has 1 rings (SSSR count). The predicted octanol–water partition coefficient (Wildman–Crippen LogP) is 1.05. The van der Waals surface area contributed by atoms with Crippen molar-refractivity contribution in [3.05, 3.63) is 12.4 Å². The SMILES string of the molecule is CC(C)(C)Oc1cnn(CCO)c1. The number of hydrogen-bond donors (Lipinski definition) is 1. The Labute approximate surface area is 78.1 Å². The summed E-state index contributed by atoms with van der Waals surface area (Å²) in [7, 11) is 0. The molecular formula is C9H16N2O2. The minimum absolute atomic E-state index is 0.0939. The van der Waals surface area contributed by atoms with Crippen LogP contribution in [0.2, 0.25) is 0 Å². The van der Waals surface area contributed by atoms with E-state index in [1.807, 2.05) is 20.8 Å². The first-order valence-electron chi connectivity index (χ1n) is 4.33. The monoisotopic (exact) mass is 184 g/mol. The third kappa shape index (κ3) is 3.46. The number of nitrogens with zero attached hydrogens (tertiary/aromatic N) is 2. The van der Waals surface area contributed by atoms with Crippen molar-refractivity contribution in [3.63, 3.8) is 0 Å². The third-order valence-electron chi connectivity index (χ3n) is 1.36. The van der Waals surface area contributed by atoms with E-state index < -0.39 is 0 Å². The Balaban J connectivity index is 2.59. The summed E-state index contributed by atoms with van der Waals surface area (Å²) in [6.07, 6.45) is 3.43. The highest BCUT2D eigenvalue weighted by atomic mass is 16.5. The van der Waals surface area contributed by atoms with E-state index in [0.717, 1.165) is 5.75 Å². The van der Waals surface area contributed by atoms with Crippen LogP contribution in [0.1, 0.15) is 20.8 Å². The molecule has 0 spiro atoms. The van der Waals surface area contributed by atoms with Crippen molar-refractivity contribution in [1.29, 1.82) is 0 Å². The zero-order chi connectivity index (χ0) is 9.90. The Morgan fingerprint density at radius 3 is 2.77 bits per heavy atom. The molecule has 1 aromatic rings. The van der Waals surface area contributed by atoms with Gasteiger partial charge in [-0.05, 0) is 20.8 Å². The smallest absolute Gasteiger partial charge is 0.157 e. The molecule has 0 aliphatic heterocycles. The van der Waals surface area contributed by atoms with Crippen molar-refractivity contribution < 1.29 is 9.84 Å². The molecule has 0 saturated heterocycles. The molecule has 1 aromatic heterocycles. The summed E-state index contributed by atoms with van der Waals surface area (Å²) < 4.78 is 7.22. The van der Waals surface area contributed by atoms with Crippen molar-refractivity contribution in [2.45, 2.75) is 32.9 Å². The van der Waals surface area contributed by atoms with Crippen LogP contribution in [0.25, 0.3) is 0 Å². The van der Waals surface area contributed by atoms with Crippen molar-refractivity contribution >= 4 is 0 Å². The van der Waals surface area contributed by atoms with Crippen molar-refractivity contribution in [3.8, 4) is 5.75 Å². The normalized spacial score (nSPS) is 11.7. The van der Waals surface area contributed by atoms with Crippen LogP contribution in [0.5, 0.6) is 5.75 Å². The van der Waals surface area contributed by atoms with Crippen molar-refractivity contribution in [2.75, 3.05) is 6.61 Å². The van der Waals surface area contributed by atoms with E-state index in [2.05, 4.69) is 5.10 Å². The lowest BCUT2D eigenvalue weighted by molar-refractivity contribution is 0.130. The molecule has 0 saturated carbocycles. The Morgan fingerprint density at radius 2 is 2.23 bits per heavy atom. The van der Waals surface area contributed by atoms with Crippen LogP contribution in [0, 0.1) is 0 Å². The Hall–Kier alpha value is -1.03. The van der Waals surface area contributed by atoms with Gasteiger partial charge in [-0.3, -0.25) is 4.68 Å². The van der Waals surface area contributed by atoms with E-state index >= 15 is 0 Å². The molecule has 1 N–H and O–H groups in total. The van der Waals surface area contributed by atoms with E-state index in [9.17, 15) is 0 Å². The zero-order valence-electron chi connectivity index (χ0n) is 8.32. The molecule has 0 aliphatic rings. The van der Waals surface area contributed by atoms with Gasteiger partial charge in [0.2, 0.25) is 0 Å². The maximum absolute atomic E-state index is 8.66. The second-order valence-corrected chi connectivity index (χ2v) is 3.88. The number of aliphatic hydroxyl groups excluding tert-OH is 1. The molecule has 1 heterocycles. The third-order valence-corrected chi connectivity index (χ3v) is 1.36. The molecule has 74 valence electrons. The lowest BCUT2D eigenvalue weighted by atomic mass is 10.2. The molecule has 4 nitrogen and oxygen atoms in total. The first kappa shape index (κ1) is 10.1. The van der Waals surface area contributed by atoms with E-state index in [1.165, 1.54) is 0 Å². The van der Waals surface area contributed by atoms with Gasteiger partial charge in [0.25, 0.3) is 0 Å². The first-order valence-corrected chi connectivity index (χ1v) is 4.33. The minimum Gasteiger partial charge on any atom is -0.485 e. The summed E-state index contributed by atoms with van der Waals surface area (Å²) in [5, 5.41) is 12.7. The van der Waals surface area contributed by atoms with Gasteiger partial charge in [-0.25, -0.2) is 0 Å². The Bertz CT molecular complexity index is 263. The van der Waals surface area contributed by atoms with Crippen LogP contribution in [0.3, 0.4) is 0 Å². The Morgan fingerprint density at radius 1 is 1.54 bits per heavy atom. The maximum atomic E-state index is 8.66. The second kappa shape index (κ2) is 3.79. The van der Waals surface area contributed by atoms with E-state index in [-0.39, 0.29) is 12.2 Å². The Kier molecular flexibility index (Phi) is 2.93. The average Bonchev–Trinajstić information content (AvgIpc) is 2.33. The number of hydrogen-bond acceptors (Lipinski definition) is 3. The highest BCUT2D eigenvalue weighted by Crippen LogP contribution is 2.16. The summed E-state index contributed by atoms with van der Waals surface area (Å²) in [5.41, 5.74) is -0.201. The molecule has 0 bridgehead atoms. The van der Waals surface area contributed by atoms with Gasteiger partial charge >= 0.3 is 0 Å². The topological polar surface area (TPSA) is 47.3 Å². The predicted molar refractivity (Wildman–Crippen MR) is 49.7 cm³/mol. The standard InChI is InChI=1S/C9H16N2O2/c1-9(2,3)13-8-6-10-11(7-8)4-5-12/h6-7,12H,4-5H2,1-3H3. The number of aromatic nitrogens is 2. The lowest BCUT2D eigenvalue weighted by Gasteiger charge is -2.19. The summed E-state index contributed by atoms with van der Waals surface area (Å²) >= 11 is 0. The fraction of sp³-hybridized carbons (Fsp3) is 0.667. The molecule has 0 radical (unpaired) electrons. The van der Waals surface area contributed by atoms with Crippen LogP contribution in [-0.4, -0.2) is 27.1 Å². The first-order chi connectivity index (χ1) is 6.01. The zero-order valence-corrected chi connectivity index (χ0v) is 8.32. The minimum atomic E-state index is -0.201. The summed E-state index contributed by atoms with van der Waals surface area (Å²) in [5.74, 6) is 0.737. The van der Waals surface area contributed by atoms with Crippen molar-refractivity contribution in [2.24, 2.45) is 0 Å². The summed E-state index contributed by atoms with van der Waals surface area (Å²) in [4.78, 5) is 0. The number of aliphatic hydroxyl groups is 1. The van der Waals surface area contributed by atoms with E-state index in [4.69, 9.17) is 9.84 Å². The average molecular weight is 184 g/mol. The summed E-state index contributed by atoms with van der Waals surface area (Å²) in [6, 6.07) is 0. The van der Waals surface area contributed by atoms with Crippen LogP contribution in [-0.2, 0) is 6.54 Å². The molecular weight excluding hydrogens is 168 g/mol. The van der Waals surface area contributed by atoms with Gasteiger partial charge in [0, 0.05) is 0 Å². The lowest BCUT2D eigenvalue weighted by Crippen LogP contribution is -2.22. The number of ether oxygens (including phenoxy) is 1. The molecule has 4 heteroatoms. The second-order valence-electron chi connectivity index (χ2n) is 3.88. The van der Waals surface area contributed by atoms with Gasteiger partial charge in [-0.15, -0.1) is 0 Å². The fourth-order valence-corrected chi connectivity index (χ4v) is 0.976. The van der Waals surface area contributed by atoms with Crippen LogP contribution >= 0.6 is 0 Å². The highest BCUT2D eigenvalue weighted by Gasteiger charge is 2.12. The number of rotatable bonds is 3. The fourth-order valence-electron chi connectivity index (χ4n) is 0.976. The maximum Gasteiger partial charge on any atom is 0.157 e. The van der Waals surface area contributed by atoms with Gasteiger partial charge in [0.15, 0.2) is 5.75 Å². The quantitative estimate of drug-likeness (QED) is 0.763.